The molecule has 0 aromatic heterocycles. The Labute approximate surface area is 166 Å². The number of amides is 1. The van der Waals surface area contributed by atoms with Crippen LogP contribution in [0.2, 0.25) is 0 Å². The van der Waals surface area contributed by atoms with Gasteiger partial charge in [0.25, 0.3) is 5.91 Å². The zero-order valence-electron chi connectivity index (χ0n) is 16.8. The first-order chi connectivity index (χ1) is 13.6. The Kier molecular flexibility index (Phi) is 6.76. The van der Waals surface area contributed by atoms with Gasteiger partial charge in [0.1, 0.15) is 17.2 Å². The van der Waals surface area contributed by atoms with E-state index in [2.05, 4.69) is 4.90 Å². The van der Waals surface area contributed by atoms with Gasteiger partial charge in [-0.15, -0.1) is 0 Å². The summed E-state index contributed by atoms with van der Waals surface area (Å²) in [6.45, 7) is 5.89. The van der Waals surface area contributed by atoms with E-state index in [-0.39, 0.29) is 12.5 Å². The van der Waals surface area contributed by atoms with Crippen LogP contribution in [0.25, 0.3) is 0 Å². The third-order valence-electron chi connectivity index (χ3n) is 4.99. The van der Waals surface area contributed by atoms with E-state index in [4.69, 9.17) is 14.2 Å². The SMILES string of the molecule is COc1ccc(OC)c(CN2CCN(C(=O)COc3ccc(C)cc3)CC2)c1. The highest BCUT2D eigenvalue weighted by Gasteiger charge is 2.22. The van der Waals surface area contributed by atoms with Gasteiger partial charge in [0.05, 0.1) is 14.2 Å². The minimum Gasteiger partial charge on any atom is -0.497 e. The molecule has 1 heterocycles. The van der Waals surface area contributed by atoms with Crippen molar-refractivity contribution < 1.29 is 19.0 Å². The predicted molar refractivity (Wildman–Crippen MR) is 108 cm³/mol. The Hall–Kier alpha value is -2.73. The number of ether oxygens (including phenoxy) is 3. The van der Waals surface area contributed by atoms with Crippen molar-refractivity contribution in [3.05, 3.63) is 53.6 Å². The number of benzene rings is 2. The Bertz CT molecular complexity index is 784. The number of piperazine rings is 1. The smallest absolute Gasteiger partial charge is 0.260 e. The lowest BCUT2D eigenvalue weighted by molar-refractivity contribution is -0.135. The highest BCUT2D eigenvalue weighted by molar-refractivity contribution is 5.77. The van der Waals surface area contributed by atoms with Gasteiger partial charge in [0.15, 0.2) is 6.61 Å². The minimum absolute atomic E-state index is 0.0270. The lowest BCUT2D eigenvalue weighted by Crippen LogP contribution is -2.49. The lowest BCUT2D eigenvalue weighted by Gasteiger charge is -2.35. The van der Waals surface area contributed by atoms with Gasteiger partial charge in [-0.1, -0.05) is 17.7 Å². The van der Waals surface area contributed by atoms with E-state index in [1.54, 1.807) is 14.2 Å². The lowest BCUT2D eigenvalue weighted by atomic mass is 10.1. The molecule has 0 unspecified atom stereocenters. The highest BCUT2D eigenvalue weighted by atomic mass is 16.5. The number of carbonyl (C=O) groups is 1. The monoisotopic (exact) mass is 384 g/mol. The van der Waals surface area contributed by atoms with Crippen molar-refractivity contribution in [2.75, 3.05) is 47.0 Å². The van der Waals surface area contributed by atoms with Crippen LogP contribution in [0.5, 0.6) is 17.2 Å². The third kappa shape index (κ3) is 5.16. The fourth-order valence-electron chi connectivity index (χ4n) is 3.27. The predicted octanol–water partition coefficient (Wildman–Crippen LogP) is 2.74. The molecule has 6 nitrogen and oxygen atoms in total. The van der Waals surface area contributed by atoms with Crippen molar-refractivity contribution in [3.8, 4) is 17.2 Å². The van der Waals surface area contributed by atoms with Gasteiger partial charge in [0.2, 0.25) is 0 Å². The number of rotatable bonds is 7. The second-order valence-electron chi connectivity index (χ2n) is 6.94. The maximum Gasteiger partial charge on any atom is 0.260 e. The van der Waals surface area contributed by atoms with Crippen molar-refractivity contribution in [2.24, 2.45) is 0 Å². The molecule has 1 fully saturated rings. The van der Waals surface area contributed by atoms with Crippen LogP contribution < -0.4 is 14.2 Å². The maximum absolute atomic E-state index is 12.4. The number of hydrogen-bond acceptors (Lipinski definition) is 5. The summed E-state index contributed by atoms with van der Waals surface area (Å²) in [5.41, 5.74) is 2.26. The van der Waals surface area contributed by atoms with Gasteiger partial charge < -0.3 is 19.1 Å². The van der Waals surface area contributed by atoms with E-state index >= 15 is 0 Å². The first-order valence-electron chi connectivity index (χ1n) is 9.49. The molecule has 0 spiro atoms. The van der Waals surface area contributed by atoms with Gasteiger partial charge in [-0.2, -0.15) is 0 Å². The molecule has 0 radical (unpaired) electrons. The van der Waals surface area contributed by atoms with Crippen molar-refractivity contribution in [1.82, 2.24) is 9.80 Å². The van der Waals surface area contributed by atoms with Crippen LogP contribution in [0.3, 0.4) is 0 Å². The summed E-state index contributed by atoms with van der Waals surface area (Å²) in [4.78, 5) is 16.6. The van der Waals surface area contributed by atoms with Gasteiger partial charge in [-0.3, -0.25) is 9.69 Å². The Morgan fingerprint density at radius 1 is 0.929 bits per heavy atom. The minimum atomic E-state index is 0.0270. The van der Waals surface area contributed by atoms with E-state index in [9.17, 15) is 4.79 Å². The summed E-state index contributed by atoms with van der Waals surface area (Å²) >= 11 is 0. The zero-order chi connectivity index (χ0) is 19.9. The fourth-order valence-corrected chi connectivity index (χ4v) is 3.27. The molecule has 1 amide bonds. The number of carbonyl (C=O) groups excluding carboxylic acids is 1. The molecule has 1 saturated heterocycles. The maximum atomic E-state index is 12.4. The molecule has 150 valence electrons. The van der Waals surface area contributed by atoms with Crippen LogP contribution >= 0.6 is 0 Å². The Balaban J connectivity index is 1.49. The van der Waals surface area contributed by atoms with Crippen LogP contribution in [-0.4, -0.2) is 62.7 Å². The van der Waals surface area contributed by atoms with Crippen LogP contribution in [-0.2, 0) is 11.3 Å². The number of methoxy groups -OCH3 is 2. The summed E-state index contributed by atoms with van der Waals surface area (Å²) in [5.74, 6) is 2.42. The van der Waals surface area contributed by atoms with E-state index < -0.39 is 0 Å². The average Bonchev–Trinajstić information content (AvgIpc) is 2.73. The van der Waals surface area contributed by atoms with Gasteiger partial charge in [-0.05, 0) is 37.3 Å². The van der Waals surface area contributed by atoms with E-state index in [1.807, 2.05) is 54.3 Å². The molecule has 0 atom stereocenters. The molecule has 28 heavy (non-hydrogen) atoms. The number of nitrogens with zero attached hydrogens (tertiary/aromatic N) is 2. The Morgan fingerprint density at radius 3 is 2.25 bits per heavy atom. The van der Waals surface area contributed by atoms with Gasteiger partial charge in [0, 0.05) is 38.3 Å². The molecular weight excluding hydrogens is 356 g/mol. The normalized spacial score (nSPS) is 14.6. The molecule has 1 aliphatic heterocycles. The average molecular weight is 384 g/mol. The van der Waals surface area contributed by atoms with E-state index in [1.165, 1.54) is 5.56 Å². The highest BCUT2D eigenvalue weighted by Crippen LogP contribution is 2.25. The summed E-state index contributed by atoms with van der Waals surface area (Å²) in [6.07, 6.45) is 0. The first-order valence-corrected chi connectivity index (χ1v) is 9.49. The first kappa shape index (κ1) is 20.0. The van der Waals surface area contributed by atoms with Crippen molar-refractivity contribution in [3.63, 3.8) is 0 Å². The van der Waals surface area contributed by atoms with Crippen LogP contribution in [0.4, 0.5) is 0 Å². The largest absolute Gasteiger partial charge is 0.497 e. The topological polar surface area (TPSA) is 51.2 Å². The van der Waals surface area contributed by atoms with E-state index in [0.29, 0.717) is 13.1 Å². The molecule has 1 aliphatic rings. The van der Waals surface area contributed by atoms with Crippen molar-refractivity contribution in [2.45, 2.75) is 13.5 Å². The quantitative estimate of drug-likeness (QED) is 0.735. The third-order valence-corrected chi connectivity index (χ3v) is 4.99. The number of aryl methyl sites for hydroxylation is 1. The standard InChI is InChI=1S/C22H28N2O4/c1-17-4-6-19(7-5-17)28-16-22(25)24-12-10-23(11-13-24)15-18-14-20(26-2)8-9-21(18)27-3/h4-9,14H,10-13,15-16H2,1-3H3. The summed E-state index contributed by atoms with van der Waals surface area (Å²) in [7, 11) is 3.34. The molecule has 0 N–H and O–H groups in total. The molecule has 0 saturated carbocycles. The molecule has 6 heteroatoms. The van der Waals surface area contributed by atoms with Crippen LogP contribution in [0.1, 0.15) is 11.1 Å². The van der Waals surface area contributed by atoms with Crippen molar-refractivity contribution >= 4 is 5.91 Å². The molecule has 0 bridgehead atoms. The van der Waals surface area contributed by atoms with E-state index in [0.717, 1.165) is 42.4 Å². The van der Waals surface area contributed by atoms with Crippen molar-refractivity contribution in [1.29, 1.82) is 0 Å². The zero-order valence-corrected chi connectivity index (χ0v) is 16.8. The molecular formula is C22H28N2O4. The summed E-state index contributed by atoms with van der Waals surface area (Å²) < 4.78 is 16.4. The Morgan fingerprint density at radius 2 is 1.61 bits per heavy atom. The van der Waals surface area contributed by atoms with Gasteiger partial charge >= 0.3 is 0 Å². The molecule has 3 rings (SSSR count). The molecule has 2 aromatic rings. The molecule has 0 aliphatic carbocycles. The second kappa shape index (κ2) is 9.46. The van der Waals surface area contributed by atoms with Crippen LogP contribution in [0.15, 0.2) is 42.5 Å². The second-order valence-corrected chi connectivity index (χ2v) is 6.94. The molecule has 2 aromatic carbocycles. The summed E-state index contributed by atoms with van der Waals surface area (Å²) in [6, 6.07) is 13.6. The number of hydrogen-bond donors (Lipinski definition) is 0. The van der Waals surface area contributed by atoms with Crippen LogP contribution in [0, 0.1) is 6.92 Å². The summed E-state index contributed by atoms with van der Waals surface area (Å²) in [5, 5.41) is 0. The fraction of sp³-hybridized carbons (Fsp3) is 0.409. The van der Waals surface area contributed by atoms with Gasteiger partial charge in [-0.25, -0.2) is 0 Å².